The maximum atomic E-state index is 10.0. The van der Waals surface area contributed by atoms with Gasteiger partial charge >= 0.3 is 0 Å². The van der Waals surface area contributed by atoms with Crippen LogP contribution in [0.15, 0.2) is 12.1 Å². The lowest BCUT2D eigenvalue weighted by atomic mass is 9.91. The number of ether oxygens (including phenoxy) is 1. The number of hydrogen-bond donors (Lipinski definition) is 3. The second kappa shape index (κ2) is 6.95. The highest BCUT2D eigenvalue weighted by molar-refractivity contribution is 5.50. The number of phenols is 2. The minimum absolute atomic E-state index is 0.0113. The van der Waals surface area contributed by atoms with Crippen molar-refractivity contribution in [2.75, 3.05) is 6.54 Å². The van der Waals surface area contributed by atoms with Gasteiger partial charge in [-0.1, -0.05) is 38.7 Å². The van der Waals surface area contributed by atoms with Crippen LogP contribution in [-0.4, -0.2) is 22.9 Å². The van der Waals surface area contributed by atoms with Crippen LogP contribution in [0.1, 0.15) is 56.3 Å². The highest BCUT2D eigenvalue weighted by Crippen LogP contribution is 2.40. The van der Waals surface area contributed by atoms with Gasteiger partial charge in [0.25, 0.3) is 0 Å². The Morgan fingerprint density at radius 2 is 2.05 bits per heavy atom. The first-order valence-corrected chi connectivity index (χ1v) is 7.56. The second-order valence-corrected chi connectivity index (χ2v) is 5.54. The summed E-state index contributed by atoms with van der Waals surface area (Å²) >= 11 is 0. The molecule has 0 spiro atoms. The second-order valence-electron chi connectivity index (χ2n) is 5.54. The monoisotopic (exact) mass is 279 g/mol. The van der Waals surface area contributed by atoms with Crippen LogP contribution in [0.5, 0.6) is 11.5 Å². The van der Waals surface area contributed by atoms with E-state index in [-0.39, 0.29) is 23.7 Å². The molecule has 1 unspecified atom stereocenters. The Morgan fingerprint density at radius 3 is 2.75 bits per heavy atom. The van der Waals surface area contributed by atoms with Crippen molar-refractivity contribution in [3.63, 3.8) is 0 Å². The van der Waals surface area contributed by atoms with E-state index in [0.717, 1.165) is 24.0 Å². The van der Waals surface area contributed by atoms with Gasteiger partial charge in [-0.3, -0.25) is 0 Å². The smallest absolute Gasteiger partial charge is 0.161 e. The topological polar surface area (TPSA) is 75.7 Å². The average molecular weight is 279 g/mol. The zero-order valence-corrected chi connectivity index (χ0v) is 12.1. The van der Waals surface area contributed by atoms with Gasteiger partial charge in [0.2, 0.25) is 0 Å². The normalized spacial score (nSPS) is 21.7. The summed E-state index contributed by atoms with van der Waals surface area (Å²) < 4.78 is 6.02. The first-order valence-electron chi connectivity index (χ1n) is 7.56. The molecule has 1 aromatic carbocycles. The van der Waals surface area contributed by atoms with Crippen molar-refractivity contribution in [2.24, 2.45) is 5.73 Å². The largest absolute Gasteiger partial charge is 0.504 e. The van der Waals surface area contributed by atoms with Crippen LogP contribution < -0.4 is 5.73 Å². The summed E-state index contributed by atoms with van der Waals surface area (Å²) in [7, 11) is 0. The Labute approximate surface area is 120 Å². The van der Waals surface area contributed by atoms with E-state index in [1.54, 1.807) is 6.07 Å². The molecule has 1 aliphatic heterocycles. The molecule has 2 atom stereocenters. The zero-order chi connectivity index (χ0) is 14.5. The minimum atomic E-state index is -0.179. The van der Waals surface area contributed by atoms with Crippen LogP contribution in [0, 0.1) is 0 Å². The molecule has 0 aromatic heterocycles. The molecule has 0 amide bonds. The Kier molecular flexibility index (Phi) is 5.26. The summed E-state index contributed by atoms with van der Waals surface area (Å²) in [6.07, 6.45) is 6.34. The predicted octanol–water partition coefficient (Wildman–Crippen LogP) is 3.01. The molecule has 0 saturated heterocycles. The van der Waals surface area contributed by atoms with Crippen LogP contribution in [0.2, 0.25) is 0 Å². The summed E-state index contributed by atoms with van der Waals surface area (Å²) in [5, 5.41) is 19.7. The van der Waals surface area contributed by atoms with Crippen molar-refractivity contribution in [3.8, 4) is 11.5 Å². The van der Waals surface area contributed by atoms with Gasteiger partial charge in [0.1, 0.15) is 0 Å². The van der Waals surface area contributed by atoms with Gasteiger partial charge in [-0.15, -0.1) is 0 Å². The minimum Gasteiger partial charge on any atom is -0.504 e. The average Bonchev–Trinajstić information content (AvgIpc) is 2.47. The van der Waals surface area contributed by atoms with Crippen molar-refractivity contribution < 1.29 is 14.9 Å². The van der Waals surface area contributed by atoms with Gasteiger partial charge in [0.05, 0.1) is 12.2 Å². The van der Waals surface area contributed by atoms with Gasteiger partial charge < -0.3 is 20.7 Å². The molecule has 0 radical (unpaired) electrons. The lowest BCUT2D eigenvalue weighted by molar-refractivity contribution is -0.0263. The maximum absolute atomic E-state index is 10.0. The molecule has 20 heavy (non-hydrogen) atoms. The number of benzene rings is 1. The molecule has 4 heteroatoms. The van der Waals surface area contributed by atoms with E-state index < -0.39 is 0 Å². The van der Waals surface area contributed by atoms with Crippen molar-refractivity contribution in [3.05, 3.63) is 23.3 Å². The Balaban J connectivity index is 2.09. The lowest BCUT2D eigenvalue weighted by Crippen LogP contribution is -2.30. The molecule has 1 aliphatic rings. The number of unbranched alkanes of at least 4 members (excludes halogenated alkanes) is 3. The van der Waals surface area contributed by atoms with Crippen molar-refractivity contribution in [1.29, 1.82) is 0 Å². The van der Waals surface area contributed by atoms with Gasteiger partial charge in [-0.05, 0) is 18.1 Å². The van der Waals surface area contributed by atoms with Crippen molar-refractivity contribution in [1.82, 2.24) is 0 Å². The third kappa shape index (κ3) is 3.25. The van der Waals surface area contributed by atoms with E-state index >= 15 is 0 Å². The van der Waals surface area contributed by atoms with Gasteiger partial charge in [-0.25, -0.2) is 0 Å². The van der Waals surface area contributed by atoms with Crippen molar-refractivity contribution in [2.45, 2.75) is 57.7 Å². The number of hydrogen-bond acceptors (Lipinski definition) is 4. The predicted molar refractivity (Wildman–Crippen MR) is 78.9 cm³/mol. The molecule has 0 bridgehead atoms. The van der Waals surface area contributed by atoms with Crippen LogP contribution >= 0.6 is 0 Å². The number of aromatic hydroxyl groups is 2. The fourth-order valence-electron chi connectivity index (χ4n) is 2.89. The fraction of sp³-hybridized carbons (Fsp3) is 0.625. The molecule has 0 saturated carbocycles. The quantitative estimate of drug-likeness (QED) is 0.552. The Hall–Kier alpha value is -1.26. The molecule has 2 rings (SSSR count). The van der Waals surface area contributed by atoms with Gasteiger partial charge in [-0.2, -0.15) is 0 Å². The molecular formula is C16H25NO3. The van der Waals surface area contributed by atoms with Crippen LogP contribution in [0.25, 0.3) is 0 Å². The first kappa shape index (κ1) is 15.1. The van der Waals surface area contributed by atoms with Gasteiger partial charge in [0.15, 0.2) is 11.5 Å². The fourth-order valence-corrected chi connectivity index (χ4v) is 2.89. The van der Waals surface area contributed by atoms with E-state index in [0.29, 0.717) is 13.0 Å². The van der Waals surface area contributed by atoms with Crippen molar-refractivity contribution >= 4 is 0 Å². The van der Waals surface area contributed by atoms with E-state index in [4.69, 9.17) is 10.5 Å². The summed E-state index contributed by atoms with van der Waals surface area (Å²) in [4.78, 5) is 0. The third-order valence-electron chi connectivity index (χ3n) is 4.03. The molecule has 0 fully saturated rings. The summed E-state index contributed by atoms with van der Waals surface area (Å²) in [5.41, 5.74) is 7.48. The summed E-state index contributed by atoms with van der Waals surface area (Å²) in [6.45, 7) is 2.58. The molecule has 4 nitrogen and oxygen atoms in total. The number of phenolic OH excluding ortho intramolecular Hbond substituents is 2. The molecule has 0 aliphatic carbocycles. The molecule has 112 valence electrons. The standard InChI is InChI=1S/C16H25NO3/c1-2-3-4-5-6-11-9-13-12(15(10-17)20-11)7-8-14(18)16(13)19/h7-8,11,15,18-19H,2-6,9-10,17H2,1H3/t11?,15-/m0/s1. The zero-order valence-electron chi connectivity index (χ0n) is 12.1. The number of fused-ring (bicyclic) bond motifs is 1. The van der Waals surface area contributed by atoms with Crippen LogP contribution in [0.4, 0.5) is 0 Å². The summed E-state index contributed by atoms with van der Waals surface area (Å²) in [6, 6.07) is 3.30. The van der Waals surface area contributed by atoms with Gasteiger partial charge in [0, 0.05) is 18.5 Å². The highest BCUT2D eigenvalue weighted by atomic mass is 16.5. The number of rotatable bonds is 6. The van der Waals surface area contributed by atoms with E-state index in [1.807, 2.05) is 0 Å². The SMILES string of the molecule is CCCCCCC1Cc2c(ccc(O)c2O)[C@H](CN)O1. The van der Waals surface area contributed by atoms with E-state index in [9.17, 15) is 10.2 Å². The van der Waals surface area contributed by atoms with E-state index in [1.165, 1.54) is 25.3 Å². The maximum Gasteiger partial charge on any atom is 0.161 e. The first-order chi connectivity index (χ1) is 9.67. The number of nitrogens with two attached hydrogens (primary N) is 1. The third-order valence-corrected chi connectivity index (χ3v) is 4.03. The molecular weight excluding hydrogens is 254 g/mol. The lowest BCUT2D eigenvalue weighted by Gasteiger charge is -2.32. The summed E-state index contributed by atoms with van der Waals surface area (Å²) in [5.74, 6) is -0.0750. The molecule has 1 heterocycles. The van der Waals surface area contributed by atoms with Crippen LogP contribution in [-0.2, 0) is 11.2 Å². The highest BCUT2D eigenvalue weighted by Gasteiger charge is 2.29. The Bertz CT molecular complexity index is 448. The van der Waals surface area contributed by atoms with E-state index in [2.05, 4.69) is 6.92 Å². The molecule has 1 aromatic rings. The Morgan fingerprint density at radius 1 is 1.25 bits per heavy atom. The van der Waals surface area contributed by atoms with Crippen LogP contribution in [0.3, 0.4) is 0 Å². The molecule has 4 N–H and O–H groups in total.